The molecule has 0 atom stereocenters. The van der Waals surface area contributed by atoms with Crippen LogP contribution in [0.4, 0.5) is 0 Å². The lowest BCUT2D eigenvalue weighted by atomic mass is 10.1. The summed E-state index contributed by atoms with van der Waals surface area (Å²) in [6, 6.07) is 3.45. The van der Waals surface area contributed by atoms with Crippen LogP contribution in [0.25, 0.3) is 0 Å². The minimum absolute atomic E-state index is 0.475. The van der Waals surface area contributed by atoms with Crippen molar-refractivity contribution in [3.8, 4) is 11.5 Å². The molecule has 0 aromatic heterocycles. The average Bonchev–Trinajstić information content (AvgIpc) is 2.38. The number of carboxylic acid groups (broad SMARTS) is 1. The van der Waals surface area contributed by atoms with Gasteiger partial charge in [0.05, 0.1) is 0 Å². The maximum atomic E-state index is 11.2. The number of aromatic carboxylic acids is 1. The van der Waals surface area contributed by atoms with E-state index in [1.54, 1.807) is 0 Å². The number of Topliss-reactive ketones (excluding diaryl/α,β-unsaturated/α-hetero) is 2. The predicted molar refractivity (Wildman–Crippen MR) is 66.0 cm³/mol. The lowest BCUT2D eigenvalue weighted by molar-refractivity contribution is -0.146. The van der Waals surface area contributed by atoms with Crippen molar-refractivity contribution in [2.75, 3.05) is 0 Å². The zero-order valence-corrected chi connectivity index (χ0v) is 11.0. The molecule has 0 aliphatic rings. The molecular formula is C13H10O8. The summed E-state index contributed by atoms with van der Waals surface area (Å²) < 4.78 is 9.21. The van der Waals surface area contributed by atoms with Gasteiger partial charge in [0.15, 0.2) is 0 Å². The fourth-order valence-electron chi connectivity index (χ4n) is 1.24. The molecule has 0 spiro atoms. The third kappa shape index (κ3) is 3.96. The quantitative estimate of drug-likeness (QED) is 0.469. The first-order chi connectivity index (χ1) is 9.73. The molecule has 1 rings (SSSR count). The molecular weight excluding hydrogens is 284 g/mol. The van der Waals surface area contributed by atoms with Gasteiger partial charge in [-0.05, 0) is 12.1 Å². The number of rotatable bonds is 5. The van der Waals surface area contributed by atoms with Gasteiger partial charge < -0.3 is 14.6 Å². The van der Waals surface area contributed by atoms with Gasteiger partial charge in [0.2, 0.25) is 11.6 Å². The molecule has 0 heterocycles. The SMILES string of the molecule is CC(=O)C(=O)Oc1cccc(OC(=O)C(C)=O)c1C(=O)O. The second kappa shape index (κ2) is 6.42. The Morgan fingerprint density at radius 3 is 1.52 bits per heavy atom. The normalized spacial score (nSPS) is 9.62. The Bertz CT molecular complexity index is 597. The third-order valence-corrected chi connectivity index (χ3v) is 2.18. The fourth-order valence-corrected chi connectivity index (χ4v) is 1.24. The standard InChI is InChI=1S/C13H10O8/c1-6(14)12(18)20-8-4-3-5-9(10(8)11(16)17)21-13(19)7(2)15/h3-5H,1-2H3,(H,16,17). The molecule has 0 aliphatic heterocycles. The lowest BCUT2D eigenvalue weighted by Crippen LogP contribution is -2.21. The van der Waals surface area contributed by atoms with Crippen LogP contribution in [0.3, 0.4) is 0 Å². The van der Waals surface area contributed by atoms with Gasteiger partial charge in [-0.2, -0.15) is 0 Å². The number of carbonyl (C=O) groups is 5. The number of hydrogen-bond acceptors (Lipinski definition) is 7. The summed E-state index contributed by atoms with van der Waals surface area (Å²) >= 11 is 0. The fraction of sp³-hybridized carbons (Fsp3) is 0.154. The van der Waals surface area contributed by atoms with Crippen molar-refractivity contribution in [2.24, 2.45) is 0 Å². The average molecular weight is 294 g/mol. The van der Waals surface area contributed by atoms with Crippen molar-refractivity contribution >= 4 is 29.5 Å². The topological polar surface area (TPSA) is 124 Å². The Balaban J connectivity index is 3.24. The Kier molecular flexibility index (Phi) is 4.90. The largest absolute Gasteiger partial charge is 0.477 e. The van der Waals surface area contributed by atoms with Crippen LogP contribution in [0.2, 0.25) is 0 Å². The molecule has 0 aliphatic carbocycles. The summed E-state index contributed by atoms with van der Waals surface area (Å²) in [5, 5.41) is 9.10. The molecule has 110 valence electrons. The number of carbonyl (C=O) groups excluding carboxylic acids is 4. The number of carboxylic acids is 1. The number of ether oxygens (including phenoxy) is 2. The van der Waals surface area contributed by atoms with E-state index in [0.717, 1.165) is 26.0 Å². The molecule has 1 aromatic rings. The molecule has 8 nitrogen and oxygen atoms in total. The molecule has 0 saturated heterocycles. The molecule has 0 bridgehead atoms. The van der Waals surface area contributed by atoms with Gasteiger partial charge in [0.25, 0.3) is 0 Å². The highest BCUT2D eigenvalue weighted by molar-refractivity contribution is 6.33. The molecule has 0 amide bonds. The van der Waals surface area contributed by atoms with Crippen LogP contribution in [0, 0.1) is 0 Å². The molecule has 1 aromatic carbocycles. The smallest absolute Gasteiger partial charge is 0.379 e. The van der Waals surface area contributed by atoms with Crippen molar-refractivity contribution in [1.29, 1.82) is 0 Å². The van der Waals surface area contributed by atoms with Crippen LogP contribution in [0.1, 0.15) is 24.2 Å². The molecule has 0 fully saturated rings. The highest BCUT2D eigenvalue weighted by Crippen LogP contribution is 2.29. The van der Waals surface area contributed by atoms with Gasteiger partial charge in [0, 0.05) is 13.8 Å². The number of ketones is 2. The molecule has 0 saturated carbocycles. The summed E-state index contributed by atoms with van der Waals surface area (Å²) in [6.07, 6.45) is 0. The maximum Gasteiger partial charge on any atom is 0.379 e. The Morgan fingerprint density at radius 1 is 0.857 bits per heavy atom. The Morgan fingerprint density at radius 2 is 1.24 bits per heavy atom. The van der Waals surface area contributed by atoms with Gasteiger partial charge in [-0.3, -0.25) is 9.59 Å². The Hall–Kier alpha value is -3.03. The zero-order valence-electron chi connectivity index (χ0n) is 11.0. The van der Waals surface area contributed by atoms with Crippen molar-refractivity contribution < 1.29 is 38.6 Å². The van der Waals surface area contributed by atoms with E-state index >= 15 is 0 Å². The van der Waals surface area contributed by atoms with Crippen LogP contribution in [0.15, 0.2) is 18.2 Å². The second-order valence-corrected chi connectivity index (χ2v) is 3.83. The van der Waals surface area contributed by atoms with Crippen LogP contribution in [-0.4, -0.2) is 34.6 Å². The van der Waals surface area contributed by atoms with Gasteiger partial charge in [-0.15, -0.1) is 0 Å². The number of esters is 2. The van der Waals surface area contributed by atoms with Crippen LogP contribution in [-0.2, 0) is 19.2 Å². The highest BCUT2D eigenvalue weighted by Gasteiger charge is 2.24. The van der Waals surface area contributed by atoms with E-state index in [0.29, 0.717) is 0 Å². The molecule has 0 radical (unpaired) electrons. The summed E-state index contributed by atoms with van der Waals surface area (Å²) in [5.74, 6) is -6.92. The van der Waals surface area contributed by atoms with E-state index in [1.165, 1.54) is 6.07 Å². The first-order valence-corrected chi connectivity index (χ1v) is 5.55. The number of benzene rings is 1. The van der Waals surface area contributed by atoms with Crippen molar-refractivity contribution in [1.82, 2.24) is 0 Å². The third-order valence-electron chi connectivity index (χ3n) is 2.18. The van der Waals surface area contributed by atoms with Gasteiger partial charge in [0.1, 0.15) is 17.1 Å². The van der Waals surface area contributed by atoms with Crippen molar-refractivity contribution in [3.05, 3.63) is 23.8 Å². The number of hydrogen-bond donors (Lipinski definition) is 1. The first kappa shape index (κ1) is 16.0. The van der Waals surface area contributed by atoms with E-state index in [2.05, 4.69) is 9.47 Å². The minimum Gasteiger partial charge on any atom is -0.477 e. The summed E-state index contributed by atoms with van der Waals surface area (Å²) in [4.78, 5) is 55.3. The first-order valence-electron chi connectivity index (χ1n) is 5.55. The summed E-state index contributed by atoms with van der Waals surface area (Å²) in [6.45, 7) is 1.89. The van der Waals surface area contributed by atoms with Gasteiger partial charge in [-0.1, -0.05) is 6.07 Å². The lowest BCUT2D eigenvalue weighted by Gasteiger charge is -2.10. The summed E-state index contributed by atoms with van der Waals surface area (Å²) in [5.41, 5.74) is -0.651. The maximum absolute atomic E-state index is 11.2. The monoisotopic (exact) mass is 294 g/mol. The summed E-state index contributed by atoms with van der Waals surface area (Å²) in [7, 11) is 0. The van der Waals surface area contributed by atoms with Crippen LogP contribution in [0.5, 0.6) is 11.5 Å². The van der Waals surface area contributed by atoms with Crippen LogP contribution < -0.4 is 9.47 Å². The van der Waals surface area contributed by atoms with E-state index in [4.69, 9.17) is 5.11 Å². The van der Waals surface area contributed by atoms with E-state index in [-0.39, 0.29) is 0 Å². The van der Waals surface area contributed by atoms with E-state index < -0.39 is 46.5 Å². The molecule has 21 heavy (non-hydrogen) atoms. The highest BCUT2D eigenvalue weighted by atomic mass is 16.6. The van der Waals surface area contributed by atoms with Crippen molar-refractivity contribution in [2.45, 2.75) is 13.8 Å². The minimum atomic E-state index is -1.56. The van der Waals surface area contributed by atoms with E-state index in [1.807, 2.05) is 0 Å². The zero-order chi connectivity index (χ0) is 16.2. The van der Waals surface area contributed by atoms with Crippen LogP contribution >= 0.6 is 0 Å². The van der Waals surface area contributed by atoms with Gasteiger partial charge >= 0.3 is 17.9 Å². The van der Waals surface area contributed by atoms with E-state index in [9.17, 15) is 24.0 Å². The molecule has 0 unspecified atom stereocenters. The molecule has 8 heteroatoms. The molecule has 1 N–H and O–H groups in total. The van der Waals surface area contributed by atoms with Crippen molar-refractivity contribution in [3.63, 3.8) is 0 Å². The Labute approximate surface area is 118 Å². The predicted octanol–water partition coefficient (Wildman–Crippen LogP) is 0.374. The second-order valence-electron chi connectivity index (χ2n) is 3.83. The van der Waals surface area contributed by atoms with Gasteiger partial charge in [-0.25, -0.2) is 14.4 Å².